The molecule has 4 rings (SSSR count). The highest BCUT2D eigenvalue weighted by Crippen LogP contribution is 2.38. The summed E-state index contributed by atoms with van der Waals surface area (Å²) in [5.41, 5.74) is 4.56. The van der Waals surface area contributed by atoms with Crippen molar-refractivity contribution in [2.24, 2.45) is 0 Å². The third kappa shape index (κ3) is 4.04. The minimum Gasteiger partial charge on any atom is -0.368 e. The maximum absolute atomic E-state index is 13.0. The molecule has 0 spiro atoms. The number of halogens is 1. The first-order valence-corrected chi connectivity index (χ1v) is 10.5. The SMILES string of the molecule is Cc1cc(/C=C(\C#N)C(=O)N2CCN(c3cccc(Cl)c3)CC2)c(C)n1C1CC1. The number of hydrogen-bond donors (Lipinski definition) is 0. The van der Waals surface area contributed by atoms with Crippen molar-refractivity contribution in [2.75, 3.05) is 31.1 Å². The fraction of sp³-hybridized carbons (Fsp3) is 0.391. The number of piperazine rings is 1. The third-order valence-corrected chi connectivity index (χ3v) is 6.06. The summed E-state index contributed by atoms with van der Waals surface area (Å²) in [6.07, 6.45) is 4.17. The molecule has 1 aliphatic heterocycles. The number of hydrogen-bond acceptors (Lipinski definition) is 3. The van der Waals surface area contributed by atoms with Gasteiger partial charge >= 0.3 is 0 Å². The molecule has 0 radical (unpaired) electrons. The minimum absolute atomic E-state index is 0.186. The van der Waals surface area contributed by atoms with E-state index in [-0.39, 0.29) is 11.5 Å². The van der Waals surface area contributed by atoms with Gasteiger partial charge in [0.25, 0.3) is 5.91 Å². The summed E-state index contributed by atoms with van der Waals surface area (Å²) in [6, 6.07) is 12.5. The summed E-state index contributed by atoms with van der Waals surface area (Å²) >= 11 is 6.09. The van der Waals surface area contributed by atoms with Crippen LogP contribution in [0.1, 0.15) is 35.8 Å². The van der Waals surface area contributed by atoms with Gasteiger partial charge in [-0.05, 0) is 62.6 Å². The third-order valence-electron chi connectivity index (χ3n) is 5.83. The van der Waals surface area contributed by atoms with Crippen LogP contribution in [0, 0.1) is 25.2 Å². The zero-order valence-electron chi connectivity index (χ0n) is 16.9. The first-order valence-electron chi connectivity index (χ1n) is 10.1. The summed E-state index contributed by atoms with van der Waals surface area (Å²) in [6.45, 7) is 6.78. The van der Waals surface area contributed by atoms with Gasteiger partial charge in [0.15, 0.2) is 0 Å². The normalized spacial score (nSPS) is 17.4. The number of benzene rings is 1. The van der Waals surface area contributed by atoms with Crippen LogP contribution in [0.5, 0.6) is 0 Å². The molecule has 5 nitrogen and oxygen atoms in total. The minimum atomic E-state index is -0.186. The summed E-state index contributed by atoms with van der Waals surface area (Å²) in [7, 11) is 0. The molecule has 29 heavy (non-hydrogen) atoms. The number of aryl methyl sites for hydroxylation is 1. The quantitative estimate of drug-likeness (QED) is 0.558. The molecular formula is C23H25ClN4O. The van der Waals surface area contributed by atoms with Gasteiger partial charge in [0, 0.05) is 54.3 Å². The highest BCUT2D eigenvalue weighted by atomic mass is 35.5. The van der Waals surface area contributed by atoms with Gasteiger partial charge in [-0.25, -0.2) is 0 Å². The van der Waals surface area contributed by atoms with E-state index in [9.17, 15) is 10.1 Å². The molecule has 6 heteroatoms. The van der Waals surface area contributed by atoms with E-state index in [4.69, 9.17) is 11.6 Å². The maximum atomic E-state index is 13.0. The van der Waals surface area contributed by atoms with Crippen LogP contribution in [0.3, 0.4) is 0 Å². The fourth-order valence-electron chi connectivity index (χ4n) is 4.15. The highest BCUT2D eigenvalue weighted by Gasteiger charge is 2.28. The van der Waals surface area contributed by atoms with Gasteiger partial charge in [0.2, 0.25) is 0 Å². The Balaban J connectivity index is 1.47. The van der Waals surface area contributed by atoms with Crippen molar-refractivity contribution < 1.29 is 4.79 Å². The fourth-order valence-corrected chi connectivity index (χ4v) is 4.34. The lowest BCUT2D eigenvalue weighted by Gasteiger charge is -2.36. The Morgan fingerprint density at radius 2 is 1.90 bits per heavy atom. The van der Waals surface area contributed by atoms with Crippen molar-refractivity contribution in [2.45, 2.75) is 32.7 Å². The van der Waals surface area contributed by atoms with Gasteiger partial charge in [0.1, 0.15) is 11.6 Å². The molecule has 1 aliphatic carbocycles. The van der Waals surface area contributed by atoms with Gasteiger partial charge in [-0.2, -0.15) is 5.26 Å². The molecule has 1 aromatic carbocycles. The largest absolute Gasteiger partial charge is 0.368 e. The molecule has 0 unspecified atom stereocenters. The molecule has 0 atom stereocenters. The van der Waals surface area contributed by atoms with Gasteiger partial charge in [-0.1, -0.05) is 17.7 Å². The summed E-state index contributed by atoms with van der Waals surface area (Å²) < 4.78 is 2.33. The van der Waals surface area contributed by atoms with Gasteiger partial charge < -0.3 is 14.4 Å². The van der Waals surface area contributed by atoms with E-state index in [2.05, 4.69) is 35.5 Å². The first-order chi connectivity index (χ1) is 14.0. The summed E-state index contributed by atoms with van der Waals surface area (Å²) in [5.74, 6) is -0.186. The monoisotopic (exact) mass is 408 g/mol. The van der Waals surface area contributed by atoms with Crippen molar-refractivity contribution in [3.05, 3.63) is 57.9 Å². The van der Waals surface area contributed by atoms with Crippen LogP contribution in [0.15, 0.2) is 35.9 Å². The first kappa shape index (κ1) is 19.6. The summed E-state index contributed by atoms with van der Waals surface area (Å²) in [5, 5.41) is 10.3. The Morgan fingerprint density at radius 3 is 2.52 bits per heavy atom. The molecule has 1 saturated carbocycles. The van der Waals surface area contributed by atoms with E-state index in [0.717, 1.165) is 30.0 Å². The van der Waals surface area contributed by atoms with Crippen LogP contribution in [0.4, 0.5) is 5.69 Å². The van der Waals surface area contributed by atoms with Crippen LogP contribution in [0.2, 0.25) is 5.02 Å². The Labute approximate surface area is 176 Å². The number of nitriles is 1. The van der Waals surface area contributed by atoms with Crippen molar-refractivity contribution in [3.8, 4) is 6.07 Å². The van der Waals surface area contributed by atoms with E-state index in [1.165, 1.54) is 18.5 Å². The standard InChI is InChI=1S/C23H25ClN4O/c1-16-12-18(17(2)28(16)21-6-7-21)13-19(15-25)23(29)27-10-8-26(9-11-27)22-5-3-4-20(24)14-22/h3-5,12-14,21H,6-11H2,1-2H3/b19-13+. The van der Waals surface area contributed by atoms with Crippen molar-refractivity contribution in [1.29, 1.82) is 5.26 Å². The van der Waals surface area contributed by atoms with Crippen LogP contribution < -0.4 is 4.90 Å². The van der Waals surface area contributed by atoms with Gasteiger partial charge in [-0.15, -0.1) is 0 Å². The molecule has 1 saturated heterocycles. The van der Waals surface area contributed by atoms with Crippen molar-refractivity contribution in [3.63, 3.8) is 0 Å². The highest BCUT2D eigenvalue weighted by molar-refractivity contribution is 6.30. The zero-order chi connectivity index (χ0) is 20.5. The predicted octanol–water partition coefficient (Wildman–Crippen LogP) is 4.35. The van der Waals surface area contributed by atoms with E-state index in [0.29, 0.717) is 24.2 Å². The molecule has 2 aliphatic rings. The maximum Gasteiger partial charge on any atom is 0.264 e. The number of rotatable bonds is 4. The van der Waals surface area contributed by atoms with E-state index in [1.54, 1.807) is 11.0 Å². The van der Waals surface area contributed by atoms with E-state index >= 15 is 0 Å². The molecule has 1 amide bonds. The lowest BCUT2D eigenvalue weighted by Crippen LogP contribution is -2.49. The molecular weight excluding hydrogens is 384 g/mol. The van der Waals surface area contributed by atoms with Gasteiger partial charge in [0.05, 0.1) is 0 Å². The number of aromatic nitrogens is 1. The summed E-state index contributed by atoms with van der Waals surface area (Å²) in [4.78, 5) is 17.0. The van der Waals surface area contributed by atoms with Crippen LogP contribution in [0.25, 0.3) is 6.08 Å². The second kappa shape index (κ2) is 7.96. The Hall–Kier alpha value is -2.71. The second-order valence-electron chi connectivity index (χ2n) is 7.86. The van der Waals surface area contributed by atoms with E-state index < -0.39 is 0 Å². The predicted molar refractivity (Wildman–Crippen MR) is 116 cm³/mol. The second-order valence-corrected chi connectivity index (χ2v) is 8.29. The number of nitrogens with zero attached hydrogens (tertiary/aromatic N) is 4. The molecule has 0 bridgehead atoms. The molecule has 150 valence electrons. The molecule has 2 heterocycles. The molecule has 0 N–H and O–H groups in total. The van der Waals surface area contributed by atoms with Crippen LogP contribution >= 0.6 is 11.6 Å². The molecule has 2 aromatic rings. The number of amides is 1. The Morgan fingerprint density at radius 1 is 1.17 bits per heavy atom. The van der Waals surface area contributed by atoms with Gasteiger partial charge in [-0.3, -0.25) is 4.79 Å². The Bertz CT molecular complexity index is 1000. The number of carbonyl (C=O) groups excluding carboxylic acids is 1. The molecule has 1 aromatic heterocycles. The number of anilines is 1. The molecule has 2 fully saturated rings. The lowest BCUT2D eigenvalue weighted by atomic mass is 10.1. The van der Waals surface area contributed by atoms with Crippen molar-refractivity contribution in [1.82, 2.24) is 9.47 Å². The average Bonchev–Trinajstić information content (AvgIpc) is 3.51. The lowest BCUT2D eigenvalue weighted by molar-refractivity contribution is -0.126. The topological polar surface area (TPSA) is 52.3 Å². The number of carbonyl (C=O) groups is 1. The zero-order valence-corrected chi connectivity index (χ0v) is 17.6. The van der Waals surface area contributed by atoms with Crippen molar-refractivity contribution >= 4 is 29.3 Å². The van der Waals surface area contributed by atoms with E-state index in [1.807, 2.05) is 24.3 Å². The van der Waals surface area contributed by atoms with Crippen LogP contribution in [-0.4, -0.2) is 41.6 Å². The van der Waals surface area contributed by atoms with Crippen LogP contribution in [-0.2, 0) is 4.79 Å². The average molecular weight is 409 g/mol. The Kier molecular flexibility index (Phi) is 5.38. The smallest absolute Gasteiger partial charge is 0.264 e.